The lowest BCUT2D eigenvalue weighted by atomic mass is 9.86. The highest BCUT2D eigenvalue weighted by Gasteiger charge is 2.23. The van der Waals surface area contributed by atoms with Crippen LogP contribution in [0, 0.1) is 6.92 Å². The van der Waals surface area contributed by atoms with Crippen LogP contribution in [0.5, 0.6) is 0 Å². The molecule has 1 aromatic carbocycles. The number of carbonyl (C=O) groups is 1. The van der Waals surface area contributed by atoms with Gasteiger partial charge in [0.2, 0.25) is 6.79 Å². The van der Waals surface area contributed by atoms with E-state index >= 15 is 0 Å². The normalized spacial score (nSPS) is 12.6. The van der Waals surface area contributed by atoms with Crippen LogP contribution < -0.4 is 0 Å². The van der Waals surface area contributed by atoms with Gasteiger partial charge in [0.05, 0.1) is 17.3 Å². The maximum atomic E-state index is 11.9. The van der Waals surface area contributed by atoms with Gasteiger partial charge in [0, 0.05) is 32.5 Å². The lowest BCUT2D eigenvalue weighted by Gasteiger charge is -2.20. The van der Waals surface area contributed by atoms with Gasteiger partial charge in [0.25, 0.3) is 0 Å². The third-order valence-corrected chi connectivity index (χ3v) is 5.47. The number of ether oxygens (including phenoxy) is 4. The van der Waals surface area contributed by atoms with Crippen LogP contribution in [-0.4, -0.2) is 56.3 Å². The summed E-state index contributed by atoms with van der Waals surface area (Å²) in [6.45, 7) is 10.8. The van der Waals surface area contributed by atoms with Crippen LogP contribution in [0.1, 0.15) is 50.2 Å². The molecular weight excluding hydrogens is 458 g/mol. The lowest BCUT2D eigenvalue weighted by molar-refractivity contribution is -0.0130. The Balaban J connectivity index is 2.51. The predicted molar refractivity (Wildman–Crippen MR) is 134 cm³/mol. The fraction of sp³-hybridized carbons (Fsp3) is 0.480. The van der Waals surface area contributed by atoms with Gasteiger partial charge in [-0.05, 0) is 30.4 Å². The Morgan fingerprint density at radius 3 is 2.38 bits per heavy atom. The summed E-state index contributed by atoms with van der Waals surface area (Å²) in [4.78, 5) is 16.1. The molecule has 1 aromatic heterocycles. The van der Waals surface area contributed by atoms with Crippen LogP contribution in [0.2, 0.25) is 5.02 Å². The van der Waals surface area contributed by atoms with Gasteiger partial charge in [0.1, 0.15) is 12.3 Å². The molecule has 1 heterocycles. The average molecular weight is 492 g/mol. The summed E-state index contributed by atoms with van der Waals surface area (Å²) in [5.74, 6) is 0.395. The van der Waals surface area contributed by atoms with Gasteiger partial charge < -0.3 is 18.9 Å². The van der Waals surface area contributed by atoms with Crippen LogP contribution >= 0.6 is 11.6 Å². The molecule has 0 unspecified atom stereocenters. The van der Waals surface area contributed by atoms with E-state index in [1.807, 2.05) is 26.0 Å². The van der Waals surface area contributed by atoms with Gasteiger partial charge in [0.15, 0.2) is 5.76 Å². The topological polar surface area (TPSA) is 84.2 Å². The third-order valence-electron chi connectivity index (χ3n) is 5.02. The summed E-state index contributed by atoms with van der Waals surface area (Å²) in [6, 6.07) is 8.16. The summed E-state index contributed by atoms with van der Waals surface area (Å²) in [6.07, 6.45) is 0.833. The molecule has 0 radical (unpaired) electrons. The summed E-state index contributed by atoms with van der Waals surface area (Å²) < 4.78 is 22.6. The first-order valence-corrected chi connectivity index (χ1v) is 11.4. The molecule has 2 aromatic rings. The van der Waals surface area contributed by atoms with Crippen molar-refractivity contribution < 1.29 is 23.7 Å². The van der Waals surface area contributed by atoms with E-state index in [0.717, 1.165) is 5.56 Å². The Labute approximate surface area is 206 Å². The minimum atomic E-state index is -0.858. The minimum Gasteiger partial charge on any atom is -0.454 e. The first-order valence-electron chi connectivity index (χ1n) is 11.1. The van der Waals surface area contributed by atoms with Crippen molar-refractivity contribution in [3.05, 3.63) is 51.8 Å². The Morgan fingerprint density at radius 2 is 1.82 bits per heavy atom. The van der Waals surface area contributed by atoms with Crippen molar-refractivity contribution in [3.63, 3.8) is 0 Å². The number of benzene rings is 1. The lowest BCUT2D eigenvalue weighted by Crippen LogP contribution is -2.15. The number of halogens is 1. The first kappa shape index (κ1) is 27.4. The largest absolute Gasteiger partial charge is 0.511 e. The summed E-state index contributed by atoms with van der Waals surface area (Å²) in [5.41, 5.74) is 3.99. The number of rotatable bonds is 10. The summed E-state index contributed by atoms with van der Waals surface area (Å²) in [7, 11) is 3.19. The Bertz CT molecular complexity index is 1020. The molecule has 9 heteroatoms. The molecule has 0 amide bonds. The highest BCUT2D eigenvalue weighted by atomic mass is 35.5. The second kappa shape index (κ2) is 12.6. The second-order valence-corrected chi connectivity index (χ2v) is 8.90. The molecule has 186 valence electrons. The molecule has 0 saturated heterocycles. The van der Waals surface area contributed by atoms with Gasteiger partial charge in [-0.3, -0.25) is 9.67 Å². The number of allylic oxidation sites excluding steroid dienone is 1. The molecule has 0 aliphatic rings. The molecule has 2 rings (SSSR count). The number of aromatic nitrogens is 2. The van der Waals surface area contributed by atoms with E-state index in [4.69, 9.17) is 30.5 Å². The van der Waals surface area contributed by atoms with E-state index in [1.54, 1.807) is 17.9 Å². The van der Waals surface area contributed by atoms with E-state index in [-0.39, 0.29) is 25.4 Å². The fourth-order valence-electron chi connectivity index (χ4n) is 3.21. The van der Waals surface area contributed by atoms with Crippen molar-refractivity contribution in [1.29, 1.82) is 0 Å². The van der Waals surface area contributed by atoms with Gasteiger partial charge in [-0.2, -0.15) is 5.10 Å². The van der Waals surface area contributed by atoms with Crippen molar-refractivity contribution in [3.8, 4) is 0 Å². The van der Waals surface area contributed by atoms with E-state index in [9.17, 15) is 4.79 Å². The standard InChI is InChI=1S/C25H34ClN3O5/c1-8-29-22(21(26)17(2)28-29)23(33-16-34-24(30)32-14-13-31-7)20(15-27-6)18-9-11-19(12-10-18)25(3,4)5/h9-12,15H,8,13-14,16H2,1-7H3/b23-20-,27-15-. The molecule has 0 bridgehead atoms. The van der Waals surface area contributed by atoms with Gasteiger partial charge in [-0.25, -0.2) is 4.79 Å². The number of carbonyl (C=O) groups excluding carboxylic acids is 1. The van der Waals surface area contributed by atoms with E-state index in [2.05, 4.69) is 43.0 Å². The number of aliphatic imine (C=N–C) groups is 1. The number of methoxy groups -OCH3 is 1. The van der Waals surface area contributed by atoms with Gasteiger partial charge in [-0.1, -0.05) is 56.6 Å². The fourth-order valence-corrected chi connectivity index (χ4v) is 3.43. The molecule has 0 aliphatic carbocycles. The Morgan fingerprint density at radius 1 is 1.15 bits per heavy atom. The van der Waals surface area contributed by atoms with Crippen molar-refractivity contribution >= 4 is 35.3 Å². The zero-order valence-corrected chi connectivity index (χ0v) is 21.7. The number of hydrogen-bond acceptors (Lipinski definition) is 7. The molecule has 0 atom stereocenters. The SMILES string of the molecule is CCn1nc(C)c(Cl)c1/C(OCOC(=O)OCCOC)=C(\C=N/C)c1ccc(C(C)(C)C)cc1. The van der Waals surface area contributed by atoms with Crippen LogP contribution in [0.3, 0.4) is 0 Å². The number of aryl methyl sites for hydroxylation is 2. The maximum Gasteiger partial charge on any atom is 0.511 e. The minimum absolute atomic E-state index is 0.0127. The highest BCUT2D eigenvalue weighted by Crippen LogP contribution is 2.34. The van der Waals surface area contributed by atoms with Crippen LogP contribution in [0.25, 0.3) is 11.3 Å². The highest BCUT2D eigenvalue weighted by molar-refractivity contribution is 6.33. The molecule has 34 heavy (non-hydrogen) atoms. The predicted octanol–water partition coefficient (Wildman–Crippen LogP) is 5.50. The van der Waals surface area contributed by atoms with Gasteiger partial charge >= 0.3 is 6.16 Å². The molecule has 8 nitrogen and oxygen atoms in total. The Kier molecular flexibility index (Phi) is 10.1. The van der Waals surface area contributed by atoms with E-state index < -0.39 is 6.16 Å². The molecule has 0 aliphatic heterocycles. The zero-order chi connectivity index (χ0) is 25.3. The quantitative estimate of drug-likeness (QED) is 0.143. The first-order chi connectivity index (χ1) is 16.1. The van der Waals surface area contributed by atoms with Crippen LogP contribution in [0.4, 0.5) is 4.79 Å². The smallest absolute Gasteiger partial charge is 0.454 e. The molecule has 0 spiro atoms. The summed E-state index contributed by atoms with van der Waals surface area (Å²) in [5, 5.41) is 4.96. The second-order valence-electron chi connectivity index (χ2n) is 8.52. The number of hydrogen-bond donors (Lipinski definition) is 0. The monoisotopic (exact) mass is 491 g/mol. The molecule has 0 saturated carbocycles. The van der Waals surface area contributed by atoms with Crippen LogP contribution in [-0.2, 0) is 30.9 Å². The van der Waals surface area contributed by atoms with E-state index in [1.165, 1.54) is 12.7 Å². The molecule has 0 N–H and O–H groups in total. The number of nitrogens with zero attached hydrogens (tertiary/aromatic N) is 3. The van der Waals surface area contributed by atoms with Gasteiger partial charge in [-0.15, -0.1) is 0 Å². The van der Waals surface area contributed by atoms with Crippen molar-refractivity contribution in [2.24, 2.45) is 4.99 Å². The molecular formula is C25H34ClN3O5. The maximum absolute atomic E-state index is 11.9. The third kappa shape index (κ3) is 7.08. The molecule has 0 fully saturated rings. The van der Waals surface area contributed by atoms with Crippen LogP contribution in [0.15, 0.2) is 29.3 Å². The average Bonchev–Trinajstić information content (AvgIpc) is 3.08. The Hall–Kier alpha value is -2.84. The van der Waals surface area contributed by atoms with E-state index in [0.29, 0.717) is 34.3 Å². The summed E-state index contributed by atoms with van der Waals surface area (Å²) >= 11 is 6.64. The zero-order valence-electron chi connectivity index (χ0n) is 21.0. The van der Waals surface area contributed by atoms with Crippen molar-refractivity contribution in [2.75, 3.05) is 34.2 Å². The van der Waals surface area contributed by atoms with Crippen molar-refractivity contribution in [2.45, 2.75) is 46.6 Å². The van der Waals surface area contributed by atoms with Crippen molar-refractivity contribution in [1.82, 2.24) is 9.78 Å².